The van der Waals surface area contributed by atoms with Crippen LogP contribution in [-0.2, 0) is 11.0 Å². The zero-order chi connectivity index (χ0) is 15.9. The molecule has 7 heteroatoms. The predicted molar refractivity (Wildman–Crippen MR) is 72.8 cm³/mol. The summed E-state index contributed by atoms with van der Waals surface area (Å²) >= 11 is 0. The van der Waals surface area contributed by atoms with Crippen LogP contribution in [0.15, 0.2) is 42.5 Å². The Morgan fingerprint density at radius 2 is 1.64 bits per heavy atom. The maximum atomic E-state index is 13.1. The number of amides is 1. The van der Waals surface area contributed by atoms with Crippen LogP contribution < -0.4 is 10.6 Å². The van der Waals surface area contributed by atoms with E-state index in [-0.39, 0.29) is 0 Å². The number of fused-ring (bicyclic) bond motifs is 1. The summed E-state index contributed by atoms with van der Waals surface area (Å²) in [6, 6.07) is 7.36. The molecule has 2 aromatic rings. The van der Waals surface area contributed by atoms with Crippen molar-refractivity contribution >= 4 is 17.3 Å². The molecule has 2 N–H and O–H groups in total. The smallest absolute Gasteiger partial charge is 0.368 e. The molecule has 2 aromatic carbocycles. The molecule has 0 bridgehead atoms. The number of hydrogen-bond donors (Lipinski definition) is 2. The summed E-state index contributed by atoms with van der Waals surface area (Å²) < 4.78 is 50.7. The molecule has 0 aromatic heterocycles. The van der Waals surface area contributed by atoms with Crippen molar-refractivity contribution in [1.82, 2.24) is 0 Å². The van der Waals surface area contributed by atoms with Crippen molar-refractivity contribution < 1.29 is 22.4 Å². The van der Waals surface area contributed by atoms with Gasteiger partial charge in [-0.25, -0.2) is 4.39 Å². The van der Waals surface area contributed by atoms with Gasteiger partial charge in [0.1, 0.15) is 11.9 Å². The van der Waals surface area contributed by atoms with E-state index in [1.807, 2.05) is 0 Å². The molecule has 1 aliphatic rings. The van der Waals surface area contributed by atoms with Gasteiger partial charge in [-0.3, -0.25) is 4.79 Å². The fourth-order valence-electron chi connectivity index (χ4n) is 2.27. The number of carbonyl (C=O) groups excluding carboxylic acids is 1. The molecule has 114 valence electrons. The molecule has 3 rings (SSSR count). The Kier molecular flexibility index (Phi) is 3.27. The molecule has 0 saturated carbocycles. The number of hydrogen-bond acceptors (Lipinski definition) is 2. The van der Waals surface area contributed by atoms with E-state index in [0.29, 0.717) is 16.9 Å². The van der Waals surface area contributed by atoms with Gasteiger partial charge in [0, 0.05) is 0 Å². The van der Waals surface area contributed by atoms with Crippen molar-refractivity contribution in [2.75, 3.05) is 10.6 Å². The lowest BCUT2D eigenvalue weighted by atomic mass is 10.0. The monoisotopic (exact) mass is 310 g/mol. The highest BCUT2D eigenvalue weighted by molar-refractivity contribution is 6.03. The number of nitrogens with one attached hydrogen (secondary N) is 2. The predicted octanol–water partition coefficient (Wildman–Crippen LogP) is 3.95. The van der Waals surface area contributed by atoms with E-state index in [0.717, 1.165) is 12.1 Å². The summed E-state index contributed by atoms with van der Waals surface area (Å²) in [5, 5.41) is 5.42. The second-order valence-corrected chi connectivity index (χ2v) is 4.88. The van der Waals surface area contributed by atoms with Gasteiger partial charge in [0.05, 0.1) is 16.9 Å². The van der Waals surface area contributed by atoms with Crippen molar-refractivity contribution in [2.24, 2.45) is 0 Å². The van der Waals surface area contributed by atoms with E-state index >= 15 is 0 Å². The fraction of sp³-hybridized carbons (Fsp3) is 0.133. The maximum Gasteiger partial charge on any atom is 0.416 e. The normalized spacial score (nSPS) is 17.5. The van der Waals surface area contributed by atoms with E-state index in [2.05, 4.69) is 10.6 Å². The van der Waals surface area contributed by atoms with Gasteiger partial charge < -0.3 is 10.6 Å². The van der Waals surface area contributed by atoms with E-state index < -0.39 is 29.5 Å². The summed E-state index contributed by atoms with van der Waals surface area (Å²) in [7, 11) is 0. The van der Waals surface area contributed by atoms with Crippen molar-refractivity contribution in [1.29, 1.82) is 0 Å². The molecule has 0 aliphatic carbocycles. The first-order valence-electron chi connectivity index (χ1n) is 6.39. The summed E-state index contributed by atoms with van der Waals surface area (Å²) in [6.45, 7) is 0. The zero-order valence-electron chi connectivity index (χ0n) is 11.0. The van der Waals surface area contributed by atoms with Crippen LogP contribution in [0.4, 0.5) is 28.9 Å². The third-order valence-electron chi connectivity index (χ3n) is 3.37. The Labute approximate surface area is 123 Å². The molecule has 0 saturated heterocycles. The van der Waals surface area contributed by atoms with Crippen LogP contribution in [-0.4, -0.2) is 5.91 Å². The average Bonchev–Trinajstić information content (AvgIpc) is 2.45. The highest BCUT2D eigenvalue weighted by atomic mass is 19.4. The van der Waals surface area contributed by atoms with E-state index in [4.69, 9.17) is 0 Å². The minimum Gasteiger partial charge on any atom is -0.368 e. The van der Waals surface area contributed by atoms with Crippen molar-refractivity contribution in [2.45, 2.75) is 12.2 Å². The molecule has 0 radical (unpaired) electrons. The molecule has 1 atom stereocenters. The number of benzene rings is 2. The van der Waals surface area contributed by atoms with Gasteiger partial charge in [-0.15, -0.1) is 0 Å². The number of alkyl halides is 3. The lowest BCUT2D eigenvalue weighted by Crippen LogP contribution is -2.32. The standard InChI is InChI=1S/C15H10F4N2O/c16-10-5-6-11-12(7-10)21-14(22)13(20-11)8-1-3-9(4-2-8)15(17,18)19/h1-7,13,20H,(H,21,22)/t13-/m1/s1. The maximum absolute atomic E-state index is 13.1. The second-order valence-electron chi connectivity index (χ2n) is 4.88. The first-order valence-corrected chi connectivity index (χ1v) is 6.39. The average molecular weight is 310 g/mol. The van der Waals surface area contributed by atoms with Crippen molar-refractivity contribution in [3.05, 3.63) is 59.4 Å². The van der Waals surface area contributed by atoms with Gasteiger partial charge in [-0.05, 0) is 35.9 Å². The fourth-order valence-corrected chi connectivity index (χ4v) is 2.27. The molecule has 3 nitrogen and oxygen atoms in total. The third kappa shape index (κ3) is 2.61. The summed E-state index contributed by atoms with van der Waals surface area (Å²) in [6.07, 6.45) is -4.43. The molecular weight excluding hydrogens is 300 g/mol. The highest BCUT2D eigenvalue weighted by Crippen LogP contribution is 2.34. The summed E-state index contributed by atoms with van der Waals surface area (Å²) in [5.74, 6) is -0.952. The lowest BCUT2D eigenvalue weighted by Gasteiger charge is -2.27. The first kappa shape index (κ1) is 14.4. The minimum absolute atomic E-state index is 0.299. The van der Waals surface area contributed by atoms with E-state index in [1.165, 1.54) is 30.3 Å². The SMILES string of the molecule is O=C1Nc2cc(F)ccc2N[C@@H]1c1ccc(C(F)(F)F)cc1. The van der Waals surface area contributed by atoms with Gasteiger partial charge in [0.15, 0.2) is 0 Å². The molecule has 0 fully saturated rings. The number of halogens is 4. The van der Waals surface area contributed by atoms with Crippen LogP contribution in [0.25, 0.3) is 0 Å². The Morgan fingerprint density at radius 1 is 0.955 bits per heavy atom. The van der Waals surface area contributed by atoms with Gasteiger partial charge in [-0.2, -0.15) is 13.2 Å². The van der Waals surface area contributed by atoms with Crippen molar-refractivity contribution in [3.63, 3.8) is 0 Å². The Bertz CT molecular complexity index is 725. The number of carbonyl (C=O) groups is 1. The van der Waals surface area contributed by atoms with Crippen LogP contribution in [0.5, 0.6) is 0 Å². The van der Waals surface area contributed by atoms with Gasteiger partial charge >= 0.3 is 6.18 Å². The molecule has 0 unspecified atom stereocenters. The molecule has 1 heterocycles. The first-order chi connectivity index (χ1) is 10.3. The Morgan fingerprint density at radius 3 is 2.27 bits per heavy atom. The molecule has 1 amide bonds. The number of anilines is 2. The summed E-state index contributed by atoms with van der Waals surface area (Å²) in [4.78, 5) is 12.0. The largest absolute Gasteiger partial charge is 0.416 e. The van der Waals surface area contributed by atoms with E-state index in [9.17, 15) is 22.4 Å². The molecule has 22 heavy (non-hydrogen) atoms. The van der Waals surface area contributed by atoms with Crippen molar-refractivity contribution in [3.8, 4) is 0 Å². The minimum atomic E-state index is -4.43. The number of rotatable bonds is 1. The van der Waals surface area contributed by atoms with Gasteiger partial charge in [0.25, 0.3) is 5.91 Å². The second kappa shape index (κ2) is 5.01. The lowest BCUT2D eigenvalue weighted by molar-refractivity contribution is -0.137. The summed E-state index contributed by atoms with van der Waals surface area (Å²) in [5.41, 5.74) is 0.412. The Hall–Kier alpha value is -2.57. The van der Waals surface area contributed by atoms with Crippen LogP contribution in [0.1, 0.15) is 17.2 Å². The van der Waals surface area contributed by atoms with Crippen LogP contribution >= 0.6 is 0 Å². The van der Waals surface area contributed by atoms with E-state index in [1.54, 1.807) is 0 Å². The molecular formula is C15H10F4N2O. The van der Waals surface area contributed by atoms with Crippen LogP contribution in [0.2, 0.25) is 0 Å². The van der Waals surface area contributed by atoms with Crippen LogP contribution in [0.3, 0.4) is 0 Å². The van der Waals surface area contributed by atoms with Crippen LogP contribution in [0, 0.1) is 5.82 Å². The topological polar surface area (TPSA) is 41.1 Å². The molecule has 0 spiro atoms. The van der Waals surface area contributed by atoms with Gasteiger partial charge in [-0.1, -0.05) is 12.1 Å². The van der Waals surface area contributed by atoms with Gasteiger partial charge in [0.2, 0.25) is 0 Å². The Balaban J connectivity index is 1.89. The third-order valence-corrected chi connectivity index (χ3v) is 3.37. The quantitative estimate of drug-likeness (QED) is 0.783. The highest BCUT2D eigenvalue weighted by Gasteiger charge is 2.32. The molecule has 1 aliphatic heterocycles. The zero-order valence-corrected chi connectivity index (χ0v) is 11.0.